The number of nitrogens with one attached hydrogen (secondary N) is 2. The maximum absolute atomic E-state index is 11.3. The highest BCUT2D eigenvalue weighted by Gasteiger charge is 2.01. The standard InChI is InChI=1S/C13H26N2O4S2/c16-6-8-20-10-12(18)14-4-2-1-3-5-15-13(19)11-21-9-7-17/h16-17H,1-11H2,(H,14,18)(H,15,19). The number of hydrogen-bond acceptors (Lipinski definition) is 6. The maximum Gasteiger partial charge on any atom is 0.229 e. The van der Waals surface area contributed by atoms with Gasteiger partial charge in [-0.05, 0) is 19.3 Å². The Kier molecular flexibility index (Phi) is 15.6. The molecule has 0 saturated carbocycles. The maximum atomic E-state index is 11.3. The van der Waals surface area contributed by atoms with Crippen LogP contribution in [0.2, 0.25) is 0 Å². The number of aliphatic hydroxyl groups is 2. The Morgan fingerprint density at radius 1 is 0.762 bits per heavy atom. The van der Waals surface area contributed by atoms with Gasteiger partial charge in [0.2, 0.25) is 11.8 Å². The monoisotopic (exact) mass is 338 g/mol. The molecule has 8 heteroatoms. The number of carbonyl (C=O) groups excluding carboxylic acids is 2. The van der Waals surface area contributed by atoms with E-state index in [1.165, 1.54) is 23.5 Å². The molecule has 2 amide bonds. The third-order valence-electron chi connectivity index (χ3n) is 2.44. The molecule has 0 aliphatic carbocycles. The molecule has 0 bridgehead atoms. The molecular weight excluding hydrogens is 312 g/mol. The number of rotatable bonds is 14. The van der Waals surface area contributed by atoms with Gasteiger partial charge < -0.3 is 20.8 Å². The summed E-state index contributed by atoms with van der Waals surface area (Å²) in [5, 5.41) is 22.8. The molecule has 21 heavy (non-hydrogen) atoms. The van der Waals surface area contributed by atoms with Crippen LogP contribution in [0.1, 0.15) is 19.3 Å². The first-order valence-corrected chi connectivity index (χ1v) is 9.42. The Balaban J connectivity index is 3.24. The lowest BCUT2D eigenvalue weighted by atomic mass is 10.2. The van der Waals surface area contributed by atoms with E-state index < -0.39 is 0 Å². The molecule has 0 fully saturated rings. The van der Waals surface area contributed by atoms with Gasteiger partial charge in [-0.3, -0.25) is 9.59 Å². The van der Waals surface area contributed by atoms with Crippen LogP contribution < -0.4 is 10.6 Å². The fourth-order valence-corrected chi connectivity index (χ4v) is 2.57. The molecule has 0 radical (unpaired) electrons. The molecule has 0 spiro atoms. The summed E-state index contributed by atoms with van der Waals surface area (Å²) in [5.74, 6) is 1.96. The van der Waals surface area contributed by atoms with Crippen molar-refractivity contribution in [1.29, 1.82) is 0 Å². The zero-order chi connectivity index (χ0) is 15.8. The number of unbranched alkanes of at least 4 members (excludes halogenated alkanes) is 2. The van der Waals surface area contributed by atoms with E-state index in [2.05, 4.69) is 10.6 Å². The lowest BCUT2D eigenvalue weighted by Crippen LogP contribution is -2.27. The van der Waals surface area contributed by atoms with Crippen molar-refractivity contribution in [1.82, 2.24) is 10.6 Å². The van der Waals surface area contributed by atoms with Crippen LogP contribution in [0.5, 0.6) is 0 Å². The highest BCUT2D eigenvalue weighted by Crippen LogP contribution is 1.99. The quantitative estimate of drug-likeness (QED) is 0.329. The Morgan fingerprint density at radius 3 is 1.57 bits per heavy atom. The van der Waals surface area contributed by atoms with Gasteiger partial charge in [-0.15, -0.1) is 23.5 Å². The predicted octanol–water partition coefficient (Wildman–Crippen LogP) is -0.160. The normalized spacial score (nSPS) is 10.4. The lowest BCUT2D eigenvalue weighted by molar-refractivity contribution is -0.119. The Labute approximate surface area is 134 Å². The van der Waals surface area contributed by atoms with Crippen molar-refractivity contribution >= 4 is 35.3 Å². The highest BCUT2D eigenvalue weighted by atomic mass is 32.2. The molecule has 0 atom stereocenters. The van der Waals surface area contributed by atoms with Crippen LogP contribution >= 0.6 is 23.5 Å². The van der Waals surface area contributed by atoms with E-state index in [1.807, 2.05) is 0 Å². The second-order valence-corrected chi connectivity index (χ2v) is 6.52. The summed E-state index contributed by atoms with van der Waals surface area (Å²) in [5.41, 5.74) is 0. The van der Waals surface area contributed by atoms with Gasteiger partial charge in [0.1, 0.15) is 0 Å². The van der Waals surface area contributed by atoms with Gasteiger partial charge in [0.05, 0.1) is 24.7 Å². The van der Waals surface area contributed by atoms with Crippen molar-refractivity contribution in [3.05, 3.63) is 0 Å². The van der Waals surface area contributed by atoms with Gasteiger partial charge in [-0.25, -0.2) is 0 Å². The van der Waals surface area contributed by atoms with Gasteiger partial charge >= 0.3 is 0 Å². The predicted molar refractivity (Wildman–Crippen MR) is 88.7 cm³/mol. The topological polar surface area (TPSA) is 98.7 Å². The summed E-state index contributed by atoms with van der Waals surface area (Å²) in [6, 6.07) is 0. The van der Waals surface area contributed by atoms with Crippen molar-refractivity contribution in [3.63, 3.8) is 0 Å². The van der Waals surface area contributed by atoms with Gasteiger partial charge in [-0.2, -0.15) is 0 Å². The summed E-state index contributed by atoms with van der Waals surface area (Å²) in [6.45, 7) is 1.50. The van der Waals surface area contributed by atoms with Crippen molar-refractivity contribution in [2.75, 3.05) is 49.3 Å². The largest absolute Gasteiger partial charge is 0.396 e. The van der Waals surface area contributed by atoms with Crippen LogP contribution in [-0.2, 0) is 9.59 Å². The number of aliphatic hydroxyl groups excluding tert-OH is 2. The molecule has 0 aromatic heterocycles. The van der Waals surface area contributed by atoms with Gasteiger partial charge in [0, 0.05) is 24.6 Å². The molecule has 4 N–H and O–H groups in total. The van der Waals surface area contributed by atoms with E-state index >= 15 is 0 Å². The summed E-state index contributed by atoms with van der Waals surface area (Å²) in [7, 11) is 0. The van der Waals surface area contributed by atoms with E-state index in [4.69, 9.17) is 10.2 Å². The van der Waals surface area contributed by atoms with Crippen LogP contribution in [0, 0.1) is 0 Å². The molecule has 0 rings (SSSR count). The number of thioether (sulfide) groups is 2. The molecule has 0 unspecified atom stereocenters. The molecule has 124 valence electrons. The van der Waals surface area contributed by atoms with E-state index in [0.717, 1.165) is 19.3 Å². The number of hydrogen-bond donors (Lipinski definition) is 4. The third-order valence-corrected chi connectivity index (χ3v) is 4.31. The van der Waals surface area contributed by atoms with E-state index in [-0.39, 0.29) is 25.0 Å². The zero-order valence-electron chi connectivity index (χ0n) is 12.3. The van der Waals surface area contributed by atoms with E-state index in [0.29, 0.717) is 36.1 Å². The first kappa shape index (κ1) is 20.6. The van der Waals surface area contributed by atoms with Crippen LogP contribution in [-0.4, -0.2) is 71.3 Å². The van der Waals surface area contributed by atoms with Crippen LogP contribution in [0.3, 0.4) is 0 Å². The molecule has 6 nitrogen and oxygen atoms in total. The van der Waals surface area contributed by atoms with Gasteiger partial charge in [-0.1, -0.05) is 0 Å². The number of amides is 2. The molecule has 0 aliphatic heterocycles. The number of carbonyl (C=O) groups is 2. The van der Waals surface area contributed by atoms with Crippen molar-refractivity contribution < 1.29 is 19.8 Å². The van der Waals surface area contributed by atoms with Crippen LogP contribution in [0.4, 0.5) is 0 Å². The minimum absolute atomic E-state index is 0.00246. The second-order valence-electron chi connectivity index (χ2n) is 4.31. The first-order chi connectivity index (χ1) is 10.2. The summed E-state index contributed by atoms with van der Waals surface area (Å²) >= 11 is 2.83. The highest BCUT2D eigenvalue weighted by molar-refractivity contribution is 8.00. The van der Waals surface area contributed by atoms with E-state index in [9.17, 15) is 9.59 Å². The summed E-state index contributed by atoms with van der Waals surface area (Å²) < 4.78 is 0. The minimum atomic E-state index is 0.00246. The zero-order valence-corrected chi connectivity index (χ0v) is 13.9. The molecular formula is C13H26N2O4S2. The van der Waals surface area contributed by atoms with Crippen molar-refractivity contribution in [2.45, 2.75) is 19.3 Å². The lowest BCUT2D eigenvalue weighted by Gasteiger charge is -2.06. The average molecular weight is 338 g/mol. The molecule has 0 saturated heterocycles. The smallest absolute Gasteiger partial charge is 0.229 e. The fraction of sp³-hybridized carbons (Fsp3) is 0.846. The Morgan fingerprint density at radius 2 is 1.19 bits per heavy atom. The third kappa shape index (κ3) is 15.8. The molecule has 0 aromatic carbocycles. The Bertz CT molecular complexity index is 255. The van der Waals surface area contributed by atoms with Crippen molar-refractivity contribution in [2.24, 2.45) is 0 Å². The minimum Gasteiger partial charge on any atom is -0.396 e. The first-order valence-electron chi connectivity index (χ1n) is 7.11. The second kappa shape index (κ2) is 15.9. The Hall–Kier alpha value is -0.440. The molecule has 0 heterocycles. The van der Waals surface area contributed by atoms with Crippen LogP contribution in [0.25, 0.3) is 0 Å². The van der Waals surface area contributed by atoms with Gasteiger partial charge in [0.15, 0.2) is 0 Å². The molecule has 0 aromatic rings. The van der Waals surface area contributed by atoms with E-state index in [1.54, 1.807) is 0 Å². The summed E-state index contributed by atoms with van der Waals surface area (Å²) in [6.07, 6.45) is 2.74. The summed E-state index contributed by atoms with van der Waals surface area (Å²) in [4.78, 5) is 22.7. The SMILES string of the molecule is O=C(CSCCO)NCCCCCNC(=O)CSCCO. The fourth-order valence-electron chi connectivity index (χ4n) is 1.44. The molecule has 0 aliphatic rings. The van der Waals surface area contributed by atoms with Gasteiger partial charge in [0.25, 0.3) is 0 Å². The van der Waals surface area contributed by atoms with Crippen molar-refractivity contribution in [3.8, 4) is 0 Å². The average Bonchev–Trinajstić information content (AvgIpc) is 2.47. The van der Waals surface area contributed by atoms with Crippen LogP contribution in [0.15, 0.2) is 0 Å².